The van der Waals surface area contributed by atoms with Gasteiger partial charge in [0.05, 0.1) is 17.7 Å². The van der Waals surface area contributed by atoms with Crippen LogP contribution in [-0.2, 0) is 29.2 Å². The molecule has 0 aliphatic rings. The van der Waals surface area contributed by atoms with Crippen LogP contribution in [0.25, 0.3) is 22.0 Å². The summed E-state index contributed by atoms with van der Waals surface area (Å²) in [5, 5.41) is 19.5. The predicted molar refractivity (Wildman–Crippen MR) is 224 cm³/mol. The number of carboxylic acids is 2. The first-order chi connectivity index (χ1) is 26.5. The molecule has 2 aromatic carbocycles. The molecule has 0 spiro atoms. The van der Waals surface area contributed by atoms with Crippen LogP contribution in [0.15, 0.2) is 84.0 Å². The van der Waals surface area contributed by atoms with Crippen molar-refractivity contribution in [2.24, 2.45) is 16.9 Å². The van der Waals surface area contributed by atoms with E-state index in [0.29, 0.717) is 45.0 Å². The normalized spacial score (nSPS) is 12.2. The number of aryl methyl sites for hydroxylation is 1. The number of thioether (sulfide) groups is 1. The van der Waals surface area contributed by atoms with Crippen molar-refractivity contribution < 1.29 is 29.3 Å². The van der Waals surface area contributed by atoms with Crippen molar-refractivity contribution in [1.82, 2.24) is 14.5 Å². The van der Waals surface area contributed by atoms with Crippen LogP contribution in [0, 0.1) is 12.3 Å². The van der Waals surface area contributed by atoms with Gasteiger partial charge in [-0.1, -0.05) is 57.5 Å². The van der Waals surface area contributed by atoms with E-state index in [9.17, 15) is 14.7 Å². The molecule has 1 unspecified atom stereocenters. The van der Waals surface area contributed by atoms with Gasteiger partial charge in [-0.15, -0.1) is 11.8 Å². The summed E-state index contributed by atoms with van der Waals surface area (Å²) >= 11 is 1.77. The van der Waals surface area contributed by atoms with Gasteiger partial charge in [0.15, 0.2) is 0 Å². The molecule has 0 aliphatic carbocycles. The quantitative estimate of drug-likeness (QED) is 0.0526. The number of pyridine rings is 2. The number of benzene rings is 2. The van der Waals surface area contributed by atoms with E-state index in [2.05, 4.69) is 71.7 Å². The Hall–Kier alpha value is -4.91. The highest BCUT2D eigenvalue weighted by Gasteiger charge is 2.33. The van der Waals surface area contributed by atoms with Gasteiger partial charge in [0, 0.05) is 63.2 Å². The number of rotatable bonds is 17. The predicted octanol–water partition coefficient (Wildman–Crippen LogP) is 8.50. The highest BCUT2D eigenvalue weighted by molar-refractivity contribution is 8.00. The minimum Gasteiger partial charge on any atom is -0.487 e. The molecule has 0 amide bonds. The molecule has 0 fully saturated rings. The third-order valence-electron chi connectivity index (χ3n) is 8.99. The summed E-state index contributed by atoms with van der Waals surface area (Å²) in [5.41, 5.74) is 16.7. The summed E-state index contributed by atoms with van der Waals surface area (Å²) in [6, 6.07) is 21.9. The van der Waals surface area contributed by atoms with Crippen LogP contribution in [0.1, 0.15) is 83.3 Å². The van der Waals surface area contributed by atoms with Crippen molar-refractivity contribution >= 4 is 34.6 Å². The second-order valence-corrected chi connectivity index (χ2v) is 17.3. The average Bonchev–Trinajstić information content (AvgIpc) is 3.41. The second-order valence-electron chi connectivity index (χ2n) is 15.5. The molecule has 0 radical (unpaired) electrons. The zero-order valence-corrected chi connectivity index (χ0v) is 34.5. The van der Waals surface area contributed by atoms with E-state index >= 15 is 0 Å². The molecule has 300 valence electrons. The summed E-state index contributed by atoms with van der Waals surface area (Å²) in [7, 11) is 0. The third kappa shape index (κ3) is 12.6. The first-order valence-corrected chi connectivity index (χ1v) is 19.8. The highest BCUT2D eigenvalue weighted by atomic mass is 32.2. The van der Waals surface area contributed by atoms with Crippen LogP contribution in [0.5, 0.6) is 11.6 Å². The topological polar surface area (TPSA) is 176 Å². The summed E-state index contributed by atoms with van der Waals surface area (Å²) in [6.45, 7) is 16.3. The first-order valence-electron chi connectivity index (χ1n) is 19.0. The molecule has 5 rings (SSSR count). The van der Waals surface area contributed by atoms with Gasteiger partial charge in [-0.25, -0.2) is 4.98 Å². The molecule has 6 N–H and O–H groups in total. The molecule has 3 aromatic heterocycles. The van der Waals surface area contributed by atoms with E-state index in [1.54, 1.807) is 25.6 Å². The smallest absolute Gasteiger partial charge is 0.320 e. The number of ether oxygens (including phenoxy) is 2. The number of aliphatic carboxylic acids is 2. The molecule has 56 heavy (non-hydrogen) atoms. The minimum atomic E-state index is -0.958. The number of carbonyl (C=O) groups is 2. The zero-order chi connectivity index (χ0) is 41.0. The van der Waals surface area contributed by atoms with E-state index in [4.69, 9.17) is 26.0 Å². The Bertz CT molecular complexity index is 2040. The van der Waals surface area contributed by atoms with Crippen LogP contribution in [0.2, 0.25) is 0 Å². The van der Waals surface area contributed by atoms with Crippen LogP contribution in [0.3, 0.4) is 0 Å². The lowest BCUT2D eigenvalue weighted by Crippen LogP contribution is -2.29. The largest absolute Gasteiger partial charge is 0.487 e. The Morgan fingerprint density at radius 2 is 1.61 bits per heavy atom. The number of aromatic nitrogens is 3. The molecule has 12 heteroatoms. The first kappa shape index (κ1) is 43.8. The Morgan fingerprint density at radius 3 is 2.18 bits per heavy atom. The van der Waals surface area contributed by atoms with E-state index in [1.807, 2.05) is 56.6 Å². The van der Waals surface area contributed by atoms with Gasteiger partial charge < -0.3 is 35.7 Å². The molecular weight excluding hydrogens is 727 g/mol. The maximum Gasteiger partial charge on any atom is 0.320 e. The number of hydrogen-bond acceptors (Lipinski definition) is 9. The number of hydrogen-bond donors (Lipinski definition) is 4. The molecule has 11 nitrogen and oxygen atoms in total. The van der Waals surface area contributed by atoms with E-state index < -0.39 is 23.4 Å². The van der Waals surface area contributed by atoms with Crippen molar-refractivity contribution in [2.45, 2.75) is 103 Å². The van der Waals surface area contributed by atoms with E-state index in [1.165, 1.54) is 0 Å². The summed E-state index contributed by atoms with van der Waals surface area (Å²) in [5.74, 6) is -0.389. The average molecular weight is 784 g/mol. The summed E-state index contributed by atoms with van der Waals surface area (Å²) in [4.78, 5) is 32.5. The highest BCUT2D eigenvalue weighted by Crippen LogP contribution is 2.44. The second kappa shape index (κ2) is 19.8. The minimum absolute atomic E-state index is 0.0999. The van der Waals surface area contributed by atoms with E-state index in [-0.39, 0.29) is 4.75 Å². The van der Waals surface area contributed by atoms with Gasteiger partial charge in [0.1, 0.15) is 18.4 Å². The van der Waals surface area contributed by atoms with Crippen LogP contribution in [-0.4, -0.2) is 60.6 Å². The van der Waals surface area contributed by atoms with Crippen molar-refractivity contribution in [3.05, 3.63) is 102 Å². The van der Waals surface area contributed by atoms with Crippen molar-refractivity contribution in [1.29, 1.82) is 0 Å². The number of fused-ring (bicyclic) bond motifs is 1. The Kier molecular flexibility index (Phi) is 15.5. The van der Waals surface area contributed by atoms with Gasteiger partial charge in [-0.3, -0.25) is 14.6 Å². The fourth-order valence-corrected chi connectivity index (χ4v) is 7.04. The maximum atomic E-state index is 12.4. The third-order valence-corrected chi connectivity index (χ3v) is 10.3. The molecule has 3 heterocycles. The molecule has 0 saturated heterocycles. The number of carboxylic acid groups (broad SMARTS) is 2. The lowest BCUT2D eigenvalue weighted by atomic mass is 9.88. The summed E-state index contributed by atoms with van der Waals surface area (Å²) < 4.78 is 13.9. The van der Waals surface area contributed by atoms with Gasteiger partial charge in [-0.2, -0.15) is 0 Å². The Morgan fingerprint density at radius 1 is 0.893 bits per heavy atom. The number of nitrogens with zero attached hydrogens (tertiary/aromatic N) is 3. The van der Waals surface area contributed by atoms with Gasteiger partial charge in [0.2, 0.25) is 5.88 Å². The van der Waals surface area contributed by atoms with Crippen LogP contribution < -0.4 is 20.9 Å². The fourth-order valence-electron chi connectivity index (χ4n) is 5.86. The van der Waals surface area contributed by atoms with Gasteiger partial charge in [0.25, 0.3) is 0 Å². The molecule has 1 atom stereocenters. The Labute approximate surface area is 334 Å². The van der Waals surface area contributed by atoms with E-state index in [0.717, 1.165) is 68.0 Å². The monoisotopic (exact) mass is 783 g/mol. The van der Waals surface area contributed by atoms with Crippen molar-refractivity contribution in [3.63, 3.8) is 0 Å². The van der Waals surface area contributed by atoms with Crippen molar-refractivity contribution in [3.8, 4) is 22.8 Å². The maximum absolute atomic E-state index is 12.4. The van der Waals surface area contributed by atoms with Crippen molar-refractivity contribution in [2.75, 3.05) is 13.2 Å². The lowest BCUT2D eigenvalue weighted by molar-refractivity contribution is -0.147. The molecule has 0 aliphatic heterocycles. The van der Waals surface area contributed by atoms with Crippen LogP contribution >= 0.6 is 11.8 Å². The SMILES string of the molecule is CCOc1ccc(-c2ccc(Cn3c(CC(C)(C)C(=O)O)c(SC(C)(C)C)c4cc(OCc5ccc(C)cn5)ccc43)cc2)cn1.NCCCCC(N)C(=O)O. The lowest BCUT2D eigenvalue weighted by Gasteiger charge is -2.24. The molecular formula is C44H57N5O6S. The van der Waals surface area contributed by atoms with Gasteiger partial charge >= 0.3 is 11.9 Å². The molecule has 5 aromatic rings. The van der Waals surface area contributed by atoms with Gasteiger partial charge in [-0.05, 0) is 94.1 Å². The van der Waals surface area contributed by atoms with Crippen LogP contribution in [0.4, 0.5) is 0 Å². The zero-order valence-electron chi connectivity index (χ0n) is 33.7. The molecule has 0 bridgehead atoms. The Balaban J connectivity index is 0.000000613. The summed E-state index contributed by atoms with van der Waals surface area (Å²) in [6.07, 6.45) is 6.22. The molecule has 0 saturated carbocycles. The number of nitrogens with two attached hydrogens (primary N) is 2. The standard InChI is InChI=1S/C38H43N3O4S.C6H14N2O2/c1-8-44-34-18-14-28(22-40-34)27-12-10-26(11-13-27)23-41-32-17-16-30(45-24-29-15-9-25(2)21-39-29)19-31(32)35(46-37(3,4)5)33(41)20-38(6,7)36(42)43;7-4-2-1-3-5(8)6(9)10/h9-19,21-22H,8,20,23-24H2,1-7H3,(H,42,43);5H,1-4,7-8H2,(H,9,10). The fraction of sp³-hybridized carbons (Fsp3) is 0.409. The number of unbranched alkanes of at least 4 members (excludes halogenated alkanes) is 1.